The highest BCUT2D eigenvalue weighted by Gasteiger charge is 2.31. The summed E-state index contributed by atoms with van der Waals surface area (Å²) in [5.41, 5.74) is 1.30. The lowest BCUT2D eigenvalue weighted by Gasteiger charge is -2.32. The van der Waals surface area contributed by atoms with E-state index in [4.69, 9.17) is 14.2 Å². The first-order chi connectivity index (χ1) is 19.3. The molecule has 3 rings (SSSR count). The van der Waals surface area contributed by atoms with Crippen molar-refractivity contribution in [2.24, 2.45) is 11.8 Å². The number of hydrogen-bond donors (Lipinski definition) is 3. The van der Waals surface area contributed by atoms with Crippen LogP contribution in [0.2, 0.25) is 0 Å². The summed E-state index contributed by atoms with van der Waals surface area (Å²) in [4.78, 5) is 28.0. The molecule has 0 radical (unpaired) electrons. The fraction of sp³-hybridized carbons (Fsp3) is 0.548. The van der Waals surface area contributed by atoms with Crippen molar-refractivity contribution in [3.05, 3.63) is 59.7 Å². The van der Waals surface area contributed by atoms with E-state index in [1.165, 1.54) is 0 Å². The molecule has 40 heavy (non-hydrogen) atoms. The molecule has 2 aromatic carbocycles. The summed E-state index contributed by atoms with van der Waals surface area (Å²) in [6.07, 6.45) is 0.0225. The Morgan fingerprint density at radius 3 is 2.50 bits per heavy atom. The van der Waals surface area contributed by atoms with Crippen molar-refractivity contribution in [3.63, 3.8) is 0 Å². The van der Waals surface area contributed by atoms with Gasteiger partial charge < -0.3 is 34.9 Å². The standard InChI is InChI=1S/C31H45N3O6/c1-22(2)34(31(37)24-11-12-29(39-4)30(15-24)40-14-8-13-38-3)21-26-19-32-17-25(26)18-33-20-27(35)16-28(36)23-9-6-5-7-10-23/h5-7,9-12,15,22,25-26,28,32-33,36H,8,13-14,16-21H2,1-4H3/t25-,26-,28+/m0/s1. The maximum absolute atomic E-state index is 13.6. The van der Waals surface area contributed by atoms with Gasteiger partial charge in [-0.25, -0.2) is 0 Å². The second kappa shape index (κ2) is 16.3. The van der Waals surface area contributed by atoms with Crippen molar-refractivity contribution in [1.29, 1.82) is 0 Å². The molecule has 0 spiro atoms. The van der Waals surface area contributed by atoms with Crippen LogP contribution in [0.5, 0.6) is 11.5 Å². The van der Waals surface area contributed by atoms with Gasteiger partial charge in [0.2, 0.25) is 0 Å². The molecule has 1 amide bonds. The van der Waals surface area contributed by atoms with Gasteiger partial charge in [0.1, 0.15) is 5.78 Å². The molecule has 1 heterocycles. The highest BCUT2D eigenvalue weighted by molar-refractivity contribution is 5.95. The van der Waals surface area contributed by atoms with Gasteiger partial charge in [-0.15, -0.1) is 0 Å². The number of aliphatic hydroxyl groups is 1. The van der Waals surface area contributed by atoms with Crippen LogP contribution in [0, 0.1) is 11.8 Å². The summed E-state index contributed by atoms with van der Waals surface area (Å²) in [6, 6.07) is 14.6. The van der Waals surface area contributed by atoms with E-state index in [1.54, 1.807) is 32.4 Å². The Balaban J connectivity index is 1.56. The Morgan fingerprint density at radius 2 is 1.80 bits per heavy atom. The number of rotatable bonds is 17. The highest BCUT2D eigenvalue weighted by atomic mass is 16.5. The molecule has 1 aliphatic heterocycles. The van der Waals surface area contributed by atoms with Gasteiger partial charge in [0.25, 0.3) is 5.91 Å². The SMILES string of the molecule is COCCCOc1cc(C(=O)N(C[C@@H]2CNC[C@H]2CNCC(=O)C[C@@H](O)c2ccccc2)C(C)C)ccc1OC. The number of carbonyl (C=O) groups excluding carboxylic acids is 2. The third kappa shape index (κ3) is 9.30. The van der Waals surface area contributed by atoms with E-state index in [-0.39, 0.29) is 42.5 Å². The van der Waals surface area contributed by atoms with E-state index in [9.17, 15) is 14.7 Å². The van der Waals surface area contributed by atoms with Crippen LogP contribution in [0.25, 0.3) is 0 Å². The molecule has 9 heteroatoms. The van der Waals surface area contributed by atoms with Crippen LogP contribution < -0.4 is 20.1 Å². The molecule has 2 aromatic rings. The zero-order chi connectivity index (χ0) is 28.9. The van der Waals surface area contributed by atoms with Crippen LogP contribution in [0.15, 0.2) is 48.5 Å². The van der Waals surface area contributed by atoms with Crippen molar-refractivity contribution in [1.82, 2.24) is 15.5 Å². The van der Waals surface area contributed by atoms with Crippen LogP contribution in [0.4, 0.5) is 0 Å². The fourth-order valence-electron chi connectivity index (χ4n) is 4.97. The predicted molar refractivity (Wildman–Crippen MR) is 155 cm³/mol. The Labute approximate surface area is 238 Å². The number of benzene rings is 2. The van der Waals surface area contributed by atoms with E-state index in [0.717, 1.165) is 25.1 Å². The van der Waals surface area contributed by atoms with Gasteiger partial charge in [0.15, 0.2) is 11.5 Å². The van der Waals surface area contributed by atoms with Crippen molar-refractivity contribution in [2.75, 3.05) is 60.2 Å². The topological polar surface area (TPSA) is 109 Å². The third-order valence-corrected chi connectivity index (χ3v) is 7.29. The molecule has 0 aliphatic carbocycles. The Morgan fingerprint density at radius 1 is 1.05 bits per heavy atom. The lowest BCUT2D eigenvalue weighted by atomic mass is 9.94. The Bertz CT molecular complexity index is 1060. The molecule has 3 N–H and O–H groups in total. The lowest BCUT2D eigenvalue weighted by molar-refractivity contribution is -0.120. The summed E-state index contributed by atoms with van der Waals surface area (Å²) in [5.74, 6) is 1.56. The smallest absolute Gasteiger partial charge is 0.254 e. The first-order valence-electron chi connectivity index (χ1n) is 14.1. The van der Waals surface area contributed by atoms with Gasteiger partial charge in [-0.3, -0.25) is 9.59 Å². The number of Topliss-reactive ketones (excluding diaryl/α,β-unsaturated/α-hetero) is 1. The summed E-state index contributed by atoms with van der Waals surface area (Å²) < 4.78 is 16.4. The number of carbonyl (C=O) groups is 2. The molecule has 1 aliphatic rings. The number of nitrogens with one attached hydrogen (secondary N) is 2. The summed E-state index contributed by atoms with van der Waals surface area (Å²) in [7, 11) is 3.23. The third-order valence-electron chi connectivity index (χ3n) is 7.29. The minimum atomic E-state index is -0.795. The van der Waals surface area contributed by atoms with Gasteiger partial charge in [-0.1, -0.05) is 30.3 Å². The van der Waals surface area contributed by atoms with Gasteiger partial charge in [0, 0.05) is 51.3 Å². The highest BCUT2D eigenvalue weighted by Crippen LogP contribution is 2.29. The van der Waals surface area contributed by atoms with Crippen LogP contribution >= 0.6 is 0 Å². The molecule has 0 unspecified atom stereocenters. The number of ketones is 1. The quantitative estimate of drug-likeness (QED) is 0.256. The molecular formula is C31H45N3O6. The normalized spacial score (nSPS) is 17.6. The van der Waals surface area contributed by atoms with Crippen molar-refractivity contribution < 1.29 is 28.9 Å². The van der Waals surface area contributed by atoms with E-state index in [1.807, 2.05) is 49.1 Å². The molecule has 0 saturated carbocycles. The largest absolute Gasteiger partial charge is 0.493 e. The molecule has 1 saturated heterocycles. The molecule has 1 fully saturated rings. The van der Waals surface area contributed by atoms with E-state index in [2.05, 4.69) is 10.6 Å². The fourth-order valence-corrected chi connectivity index (χ4v) is 4.97. The van der Waals surface area contributed by atoms with Crippen LogP contribution in [-0.4, -0.2) is 87.9 Å². The number of methoxy groups -OCH3 is 2. The van der Waals surface area contributed by atoms with Crippen LogP contribution in [-0.2, 0) is 9.53 Å². The maximum Gasteiger partial charge on any atom is 0.254 e. The second-order valence-corrected chi connectivity index (χ2v) is 10.6. The van der Waals surface area contributed by atoms with Gasteiger partial charge in [-0.05, 0) is 62.5 Å². The average molecular weight is 556 g/mol. The first-order valence-corrected chi connectivity index (χ1v) is 14.1. The number of hydrogen-bond acceptors (Lipinski definition) is 8. The zero-order valence-electron chi connectivity index (χ0n) is 24.2. The number of amides is 1. The van der Waals surface area contributed by atoms with Gasteiger partial charge >= 0.3 is 0 Å². The summed E-state index contributed by atoms with van der Waals surface area (Å²) in [5, 5.41) is 17.1. The van der Waals surface area contributed by atoms with Gasteiger partial charge in [0.05, 0.1) is 26.4 Å². The van der Waals surface area contributed by atoms with Crippen LogP contribution in [0.3, 0.4) is 0 Å². The summed E-state index contributed by atoms with van der Waals surface area (Å²) in [6.45, 7) is 8.20. The molecule has 0 aromatic heterocycles. The predicted octanol–water partition coefficient (Wildman–Crippen LogP) is 3.08. The first kappa shape index (κ1) is 31.5. The minimum absolute atomic E-state index is 0.0101. The van der Waals surface area contributed by atoms with Crippen LogP contribution in [0.1, 0.15) is 48.7 Å². The Kier molecular flexibility index (Phi) is 12.9. The van der Waals surface area contributed by atoms with E-state index in [0.29, 0.717) is 43.4 Å². The van der Waals surface area contributed by atoms with E-state index < -0.39 is 6.10 Å². The number of nitrogens with zero attached hydrogens (tertiary/aromatic N) is 1. The van der Waals surface area contributed by atoms with Gasteiger partial charge in [-0.2, -0.15) is 0 Å². The molecule has 0 bridgehead atoms. The molecule has 220 valence electrons. The van der Waals surface area contributed by atoms with Crippen molar-refractivity contribution >= 4 is 11.7 Å². The van der Waals surface area contributed by atoms with Crippen molar-refractivity contribution in [2.45, 2.75) is 38.8 Å². The number of aliphatic hydroxyl groups excluding tert-OH is 1. The molecule has 9 nitrogen and oxygen atoms in total. The van der Waals surface area contributed by atoms with Crippen molar-refractivity contribution in [3.8, 4) is 11.5 Å². The monoisotopic (exact) mass is 555 g/mol. The molecular weight excluding hydrogens is 510 g/mol. The average Bonchev–Trinajstić information content (AvgIpc) is 3.40. The minimum Gasteiger partial charge on any atom is -0.493 e. The summed E-state index contributed by atoms with van der Waals surface area (Å²) >= 11 is 0. The Hall–Kier alpha value is -2.98. The molecule has 3 atom stereocenters. The lowest BCUT2D eigenvalue weighted by Crippen LogP contribution is -2.43. The number of ether oxygens (including phenoxy) is 3. The van der Waals surface area contributed by atoms with E-state index >= 15 is 0 Å². The zero-order valence-corrected chi connectivity index (χ0v) is 24.2. The second-order valence-electron chi connectivity index (χ2n) is 10.6. The maximum atomic E-state index is 13.6.